The number of hydrogen-bond donors (Lipinski definition) is 3. The molecule has 0 heterocycles. The van der Waals surface area contributed by atoms with E-state index in [1.807, 2.05) is 0 Å². The molecule has 4 N–H and O–H groups in total. The normalized spacial score (nSPS) is 13.4. The molecular formula is C9H13ClN2O3S. The van der Waals surface area contributed by atoms with Gasteiger partial charge in [-0.05, 0) is 24.3 Å². The lowest BCUT2D eigenvalue weighted by atomic mass is 10.3. The lowest BCUT2D eigenvalue weighted by Crippen LogP contribution is -2.31. The smallest absolute Gasteiger partial charge is 0.235 e. The van der Waals surface area contributed by atoms with Gasteiger partial charge in [0.25, 0.3) is 0 Å². The Kier molecular flexibility index (Phi) is 4.55. The molecule has 7 heteroatoms. The SMILES string of the molecule is NCC(O)CS(=O)(=O)Nc1ccc(Cl)cc1. The van der Waals surface area contributed by atoms with Crippen LogP contribution in [0.25, 0.3) is 0 Å². The van der Waals surface area contributed by atoms with E-state index in [1.54, 1.807) is 12.1 Å². The molecule has 1 atom stereocenters. The molecule has 5 nitrogen and oxygen atoms in total. The van der Waals surface area contributed by atoms with E-state index in [2.05, 4.69) is 4.72 Å². The van der Waals surface area contributed by atoms with Gasteiger partial charge >= 0.3 is 0 Å². The highest BCUT2D eigenvalue weighted by molar-refractivity contribution is 7.92. The molecule has 0 spiro atoms. The Morgan fingerprint density at radius 3 is 2.44 bits per heavy atom. The molecule has 0 aliphatic heterocycles. The summed E-state index contributed by atoms with van der Waals surface area (Å²) < 4.78 is 25.3. The second-order valence-corrected chi connectivity index (χ2v) is 5.48. The van der Waals surface area contributed by atoms with Gasteiger partial charge in [-0.2, -0.15) is 0 Å². The van der Waals surface area contributed by atoms with Gasteiger partial charge < -0.3 is 10.8 Å². The lowest BCUT2D eigenvalue weighted by Gasteiger charge is -2.10. The minimum absolute atomic E-state index is 0.0957. The Morgan fingerprint density at radius 2 is 1.94 bits per heavy atom. The van der Waals surface area contributed by atoms with Crippen molar-refractivity contribution in [3.8, 4) is 0 Å². The van der Waals surface area contributed by atoms with Crippen LogP contribution < -0.4 is 10.5 Å². The molecule has 0 saturated heterocycles. The van der Waals surface area contributed by atoms with E-state index in [0.29, 0.717) is 10.7 Å². The van der Waals surface area contributed by atoms with Gasteiger partial charge in [-0.1, -0.05) is 11.6 Å². The zero-order valence-corrected chi connectivity index (χ0v) is 10.0. The predicted molar refractivity (Wildman–Crippen MR) is 63.9 cm³/mol. The number of sulfonamides is 1. The molecule has 0 fully saturated rings. The van der Waals surface area contributed by atoms with Crippen LogP contribution in [0.15, 0.2) is 24.3 Å². The maximum atomic E-state index is 11.5. The van der Waals surface area contributed by atoms with E-state index >= 15 is 0 Å². The lowest BCUT2D eigenvalue weighted by molar-refractivity contribution is 0.206. The molecule has 0 aliphatic carbocycles. The highest BCUT2D eigenvalue weighted by atomic mass is 35.5. The van der Waals surface area contributed by atoms with Crippen LogP contribution >= 0.6 is 11.6 Å². The fraction of sp³-hybridized carbons (Fsp3) is 0.333. The summed E-state index contributed by atoms with van der Waals surface area (Å²) in [5.41, 5.74) is 5.53. The van der Waals surface area contributed by atoms with Crippen LogP contribution in [0.4, 0.5) is 5.69 Å². The molecule has 16 heavy (non-hydrogen) atoms. The zero-order chi connectivity index (χ0) is 12.2. The Bertz CT molecular complexity index is 433. The first-order valence-electron chi connectivity index (χ1n) is 4.57. The van der Waals surface area contributed by atoms with Crippen molar-refractivity contribution in [1.29, 1.82) is 0 Å². The first-order chi connectivity index (χ1) is 7.43. The van der Waals surface area contributed by atoms with Gasteiger partial charge in [0.2, 0.25) is 10.0 Å². The average molecular weight is 265 g/mol. The Balaban J connectivity index is 2.69. The summed E-state index contributed by atoms with van der Waals surface area (Å²) in [4.78, 5) is 0. The zero-order valence-electron chi connectivity index (χ0n) is 8.43. The summed E-state index contributed by atoms with van der Waals surface area (Å²) in [6, 6.07) is 6.21. The van der Waals surface area contributed by atoms with Gasteiger partial charge in [0.15, 0.2) is 0 Å². The topological polar surface area (TPSA) is 92.4 Å². The summed E-state index contributed by atoms with van der Waals surface area (Å²) in [7, 11) is -3.58. The summed E-state index contributed by atoms with van der Waals surface area (Å²) in [5, 5.41) is 9.67. The Morgan fingerprint density at radius 1 is 1.38 bits per heavy atom. The standard InChI is InChI=1S/C9H13ClN2O3S/c10-7-1-3-8(4-2-7)12-16(14,15)6-9(13)5-11/h1-4,9,12-13H,5-6,11H2. The van der Waals surface area contributed by atoms with E-state index in [9.17, 15) is 8.42 Å². The van der Waals surface area contributed by atoms with Crippen LogP contribution in [0.3, 0.4) is 0 Å². The van der Waals surface area contributed by atoms with Crippen molar-refractivity contribution in [2.45, 2.75) is 6.10 Å². The molecule has 0 bridgehead atoms. The first-order valence-corrected chi connectivity index (χ1v) is 6.60. The van der Waals surface area contributed by atoms with Crippen molar-refractivity contribution in [3.05, 3.63) is 29.3 Å². The first kappa shape index (κ1) is 13.2. The van der Waals surface area contributed by atoms with Crippen LogP contribution in [-0.4, -0.2) is 31.9 Å². The van der Waals surface area contributed by atoms with Crippen LogP contribution in [0.5, 0.6) is 0 Å². The number of hydrogen-bond acceptors (Lipinski definition) is 4. The summed E-state index contributed by atoms with van der Waals surface area (Å²) >= 11 is 5.66. The number of anilines is 1. The van der Waals surface area contributed by atoms with E-state index in [1.165, 1.54) is 12.1 Å². The molecule has 0 saturated carbocycles. The van der Waals surface area contributed by atoms with Gasteiger partial charge in [0.1, 0.15) is 0 Å². The number of rotatable bonds is 5. The Labute approximate surface area is 99.3 Å². The van der Waals surface area contributed by atoms with Crippen molar-refractivity contribution in [3.63, 3.8) is 0 Å². The van der Waals surface area contributed by atoms with Crippen molar-refractivity contribution in [2.24, 2.45) is 5.73 Å². The largest absolute Gasteiger partial charge is 0.391 e. The quantitative estimate of drug-likeness (QED) is 0.718. The van der Waals surface area contributed by atoms with Crippen LogP contribution in [-0.2, 0) is 10.0 Å². The molecule has 1 rings (SSSR count). The number of nitrogens with two attached hydrogens (primary N) is 1. The van der Waals surface area contributed by atoms with Crippen molar-refractivity contribution < 1.29 is 13.5 Å². The fourth-order valence-corrected chi connectivity index (χ4v) is 2.41. The second-order valence-electron chi connectivity index (χ2n) is 3.28. The van der Waals surface area contributed by atoms with Gasteiger partial charge in [0.05, 0.1) is 11.9 Å². The number of benzene rings is 1. The minimum atomic E-state index is -3.58. The molecule has 1 unspecified atom stereocenters. The molecule has 0 aromatic heterocycles. The highest BCUT2D eigenvalue weighted by Gasteiger charge is 2.15. The monoisotopic (exact) mass is 264 g/mol. The molecule has 0 radical (unpaired) electrons. The summed E-state index contributed by atoms with van der Waals surface area (Å²) in [6.07, 6.45) is -1.06. The van der Waals surface area contributed by atoms with Gasteiger partial charge in [0, 0.05) is 17.3 Å². The third-order valence-electron chi connectivity index (χ3n) is 1.80. The number of aliphatic hydroxyl groups excluding tert-OH is 1. The van der Waals surface area contributed by atoms with Crippen LogP contribution in [0.2, 0.25) is 5.02 Å². The van der Waals surface area contributed by atoms with Crippen LogP contribution in [0, 0.1) is 0 Å². The fourth-order valence-electron chi connectivity index (χ4n) is 1.06. The molecule has 90 valence electrons. The Hall–Kier alpha value is -0.820. The third-order valence-corrected chi connectivity index (χ3v) is 3.42. The van der Waals surface area contributed by atoms with E-state index < -0.39 is 21.9 Å². The second kappa shape index (κ2) is 5.49. The number of nitrogens with one attached hydrogen (secondary N) is 1. The number of halogens is 1. The predicted octanol–water partition coefficient (Wildman–Crippen LogP) is 0.401. The van der Waals surface area contributed by atoms with E-state index in [4.69, 9.17) is 22.4 Å². The third kappa shape index (κ3) is 4.36. The average Bonchev–Trinajstić information content (AvgIpc) is 2.20. The maximum absolute atomic E-state index is 11.5. The molecule has 1 aromatic carbocycles. The van der Waals surface area contributed by atoms with Gasteiger partial charge in [-0.3, -0.25) is 4.72 Å². The van der Waals surface area contributed by atoms with Crippen molar-refractivity contribution >= 4 is 27.3 Å². The van der Waals surface area contributed by atoms with Gasteiger partial charge in [-0.25, -0.2) is 8.42 Å². The summed E-state index contributed by atoms with van der Waals surface area (Å²) in [6.45, 7) is -0.0957. The maximum Gasteiger partial charge on any atom is 0.235 e. The van der Waals surface area contributed by atoms with Crippen LogP contribution in [0.1, 0.15) is 0 Å². The van der Waals surface area contributed by atoms with Crippen molar-refractivity contribution in [1.82, 2.24) is 0 Å². The molecule has 1 aromatic rings. The summed E-state index contributed by atoms with van der Waals surface area (Å²) in [5.74, 6) is -0.424. The van der Waals surface area contributed by atoms with Crippen molar-refractivity contribution in [2.75, 3.05) is 17.0 Å². The van der Waals surface area contributed by atoms with E-state index in [0.717, 1.165) is 0 Å². The molecular weight excluding hydrogens is 252 g/mol. The van der Waals surface area contributed by atoms with E-state index in [-0.39, 0.29) is 6.54 Å². The molecule has 0 aliphatic rings. The minimum Gasteiger partial charge on any atom is -0.391 e. The van der Waals surface area contributed by atoms with Gasteiger partial charge in [-0.15, -0.1) is 0 Å². The highest BCUT2D eigenvalue weighted by Crippen LogP contribution is 2.14. The number of aliphatic hydroxyl groups is 1. The molecule has 0 amide bonds.